The summed E-state index contributed by atoms with van der Waals surface area (Å²) in [7, 11) is -3.53. The molecule has 1 aromatic rings. The van der Waals surface area contributed by atoms with Gasteiger partial charge in [0.25, 0.3) is 0 Å². The minimum atomic E-state index is -3.15. The highest BCUT2D eigenvalue weighted by molar-refractivity contribution is 7.89. The molecule has 8 heteroatoms. The summed E-state index contributed by atoms with van der Waals surface area (Å²) in [5.74, 6) is 1.18. The first-order chi connectivity index (χ1) is 13.4. The number of piperidine rings is 1. The highest BCUT2D eigenvalue weighted by Crippen LogP contribution is 2.36. The Morgan fingerprint density at radius 2 is 1.59 bits per heavy atom. The fourth-order valence-corrected chi connectivity index (χ4v) is 4.86. The van der Waals surface area contributed by atoms with E-state index in [-0.39, 0.29) is 23.6 Å². The molecule has 0 atom stereocenters. The Kier molecular flexibility index (Phi) is 6.40. The predicted molar refractivity (Wildman–Crippen MR) is 116 cm³/mol. The van der Waals surface area contributed by atoms with Gasteiger partial charge in [-0.25, -0.2) is 12.7 Å². The van der Waals surface area contributed by atoms with E-state index in [1.165, 1.54) is 0 Å². The zero-order chi connectivity index (χ0) is 21.4. The number of benzene rings is 1. The van der Waals surface area contributed by atoms with Crippen LogP contribution in [-0.2, 0) is 19.3 Å². The van der Waals surface area contributed by atoms with Crippen molar-refractivity contribution in [2.75, 3.05) is 19.7 Å². The van der Waals surface area contributed by atoms with E-state index in [4.69, 9.17) is 14.0 Å². The predicted octanol–water partition coefficient (Wildman–Crippen LogP) is 2.81. The summed E-state index contributed by atoms with van der Waals surface area (Å²) in [6.45, 7) is 13.4. The molecule has 2 aliphatic rings. The molecule has 0 N–H and O–H groups in total. The normalized spacial score (nSPS) is 22.9. The van der Waals surface area contributed by atoms with Crippen molar-refractivity contribution in [1.29, 1.82) is 0 Å². The van der Waals surface area contributed by atoms with Gasteiger partial charge in [-0.05, 0) is 77.9 Å². The van der Waals surface area contributed by atoms with Crippen LogP contribution in [0.2, 0.25) is 0 Å². The van der Waals surface area contributed by atoms with Crippen LogP contribution in [0.3, 0.4) is 0 Å². The summed E-state index contributed by atoms with van der Waals surface area (Å²) in [5, 5.41) is -0.363. The van der Waals surface area contributed by atoms with Crippen LogP contribution in [0, 0.1) is 5.92 Å². The molecule has 29 heavy (non-hydrogen) atoms. The van der Waals surface area contributed by atoms with Crippen molar-refractivity contribution in [3.8, 4) is 5.75 Å². The van der Waals surface area contributed by atoms with Crippen molar-refractivity contribution in [3.05, 3.63) is 24.3 Å². The molecular formula is C21H34BNO5S. The lowest BCUT2D eigenvalue weighted by molar-refractivity contribution is 0.00578. The lowest BCUT2D eigenvalue weighted by atomic mass is 9.79. The third-order valence-electron chi connectivity index (χ3n) is 6.42. The molecular weight excluding hydrogens is 389 g/mol. The van der Waals surface area contributed by atoms with E-state index < -0.39 is 10.0 Å². The minimum Gasteiger partial charge on any atom is -0.493 e. The lowest BCUT2D eigenvalue weighted by Gasteiger charge is -2.32. The number of nitrogens with zero attached hydrogens (tertiary/aromatic N) is 1. The SMILES string of the molecule is CC(C)S(=O)(=O)N1CCC(COc2ccc(B3OC(C)(C)C(C)(C)O3)cc2)CC1. The molecule has 2 aliphatic heterocycles. The summed E-state index contributed by atoms with van der Waals surface area (Å²) < 4.78 is 44.3. The van der Waals surface area contributed by atoms with Crippen molar-refractivity contribution in [1.82, 2.24) is 4.31 Å². The van der Waals surface area contributed by atoms with Crippen LogP contribution in [0.5, 0.6) is 5.75 Å². The number of hydrogen-bond acceptors (Lipinski definition) is 5. The zero-order valence-electron chi connectivity index (χ0n) is 18.5. The van der Waals surface area contributed by atoms with Gasteiger partial charge in [0, 0.05) is 13.1 Å². The molecule has 0 spiro atoms. The van der Waals surface area contributed by atoms with Crippen molar-refractivity contribution in [2.45, 2.75) is 70.8 Å². The second kappa shape index (κ2) is 8.21. The molecule has 2 heterocycles. The molecule has 0 aromatic heterocycles. The van der Waals surface area contributed by atoms with Crippen molar-refractivity contribution >= 4 is 22.6 Å². The van der Waals surface area contributed by atoms with E-state index in [0.29, 0.717) is 25.6 Å². The van der Waals surface area contributed by atoms with Crippen molar-refractivity contribution in [2.24, 2.45) is 5.92 Å². The van der Waals surface area contributed by atoms with Crippen LogP contribution < -0.4 is 10.2 Å². The Balaban J connectivity index is 1.50. The Morgan fingerprint density at radius 3 is 2.07 bits per heavy atom. The van der Waals surface area contributed by atoms with Gasteiger partial charge in [0.15, 0.2) is 0 Å². The van der Waals surface area contributed by atoms with Gasteiger partial charge in [0.2, 0.25) is 10.0 Å². The monoisotopic (exact) mass is 423 g/mol. The van der Waals surface area contributed by atoms with E-state index in [2.05, 4.69) is 0 Å². The zero-order valence-corrected chi connectivity index (χ0v) is 19.3. The second-order valence-corrected chi connectivity index (χ2v) is 11.9. The van der Waals surface area contributed by atoms with Gasteiger partial charge in [0.05, 0.1) is 23.1 Å². The fourth-order valence-electron chi connectivity index (χ4n) is 3.54. The summed E-state index contributed by atoms with van der Waals surface area (Å²) in [5.41, 5.74) is 0.262. The van der Waals surface area contributed by atoms with E-state index in [9.17, 15) is 8.42 Å². The van der Waals surface area contributed by atoms with Crippen LogP contribution in [0.1, 0.15) is 54.4 Å². The first-order valence-electron chi connectivity index (χ1n) is 10.5. The van der Waals surface area contributed by atoms with Gasteiger partial charge in [-0.2, -0.15) is 0 Å². The first-order valence-corrected chi connectivity index (χ1v) is 12.0. The molecule has 0 aliphatic carbocycles. The Morgan fingerprint density at radius 1 is 1.07 bits per heavy atom. The molecule has 1 aromatic carbocycles. The molecule has 0 saturated carbocycles. The molecule has 6 nitrogen and oxygen atoms in total. The lowest BCUT2D eigenvalue weighted by Crippen LogP contribution is -2.42. The van der Waals surface area contributed by atoms with E-state index >= 15 is 0 Å². The van der Waals surface area contributed by atoms with E-state index in [1.54, 1.807) is 18.2 Å². The van der Waals surface area contributed by atoms with Gasteiger partial charge >= 0.3 is 7.12 Å². The molecule has 162 valence electrons. The molecule has 3 rings (SSSR count). The quantitative estimate of drug-likeness (QED) is 0.659. The van der Waals surface area contributed by atoms with Gasteiger partial charge < -0.3 is 14.0 Å². The highest BCUT2D eigenvalue weighted by atomic mass is 32.2. The van der Waals surface area contributed by atoms with Gasteiger partial charge in [0.1, 0.15) is 5.75 Å². The average Bonchev–Trinajstić information content (AvgIpc) is 2.88. The third kappa shape index (κ3) is 4.81. The van der Waals surface area contributed by atoms with E-state index in [0.717, 1.165) is 24.1 Å². The third-order valence-corrected chi connectivity index (χ3v) is 8.70. The minimum absolute atomic E-state index is 0.356. The van der Waals surface area contributed by atoms with Crippen LogP contribution in [-0.4, -0.2) is 56.0 Å². The Hall–Kier alpha value is -1.09. The van der Waals surface area contributed by atoms with Crippen LogP contribution in [0.15, 0.2) is 24.3 Å². The maximum Gasteiger partial charge on any atom is 0.494 e. The highest BCUT2D eigenvalue weighted by Gasteiger charge is 2.51. The molecule has 2 fully saturated rings. The largest absolute Gasteiger partial charge is 0.494 e. The number of rotatable bonds is 6. The summed E-state index contributed by atoms with van der Waals surface area (Å²) in [6, 6.07) is 7.85. The van der Waals surface area contributed by atoms with E-state index in [1.807, 2.05) is 52.0 Å². The average molecular weight is 423 g/mol. The summed E-state index contributed by atoms with van der Waals surface area (Å²) in [6.07, 6.45) is 1.66. The molecule has 0 radical (unpaired) electrons. The maximum atomic E-state index is 12.3. The topological polar surface area (TPSA) is 65.1 Å². The number of ether oxygens (including phenoxy) is 1. The fraction of sp³-hybridized carbons (Fsp3) is 0.714. The van der Waals surface area contributed by atoms with Gasteiger partial charge in [-0.15, -0.1) is 0 Å². The summed E-state index contributed by atoms with van der Waals surface area (Å²) >= 11 is 0. The van der Waals surface area contributed by atoms with Crippen LogP contribution in [0.25, 0.3) is 0 Å². The summed E-state index contributed by atoms with van der Waals surface area (Å²) in [4.78, 5) is 0. The van der Waals surface area contributed by atoms with Crippen molar-refractivity contribution < 1.29 is 22.5 Å². The molecule has 2 saturated heterocycles. The smallest absolute Gasteiger partial charge is 0.493 e. The molecule has 0 unspecified atom stereocenters. The van der Waals surface area contributed by atoms with Crippen LogP contribution in [0.4, 0.5) is 0 Å². The van der Waals surface area contributed by atoms with Gasteiger partial charge in [-0.1, -0.05) is 12.1 Å². The molecule has 0 bridgehead atoms. The van der Waals surface area contributed by atoms with Gasteiger partial charge in [-0.3, -0.25) is 0 Å². The Labute approximate surface area is 176 Å². The second-order valence-electron chi connectivity index (χ2n) is 9.40. The molecule has 0 amide bonds. The number of hydrogen-bond donors (Lipinski definition) is 0. The van der Waals surface area contributed by atoms with Crippen LogP contribution >= 0.6 is 0 Å². The number of sulfonamides is 1. The standard InChI is InChI=1S/C21H34BNO5S/c1-16(2)29(24,25)23-13-11-17(12-14-23)15-26-19-9-7-18(8-10-19)22-27-20(3,4)21(5,6)28-22/h7-10,16-17H,11-15H2,1-6H3. The Bertz CT molecular complexity index is 783. The maximum absolute atomic E-state index is 12.3. The van der Waals surface area contributed by atoms with Crippen molar-refractivity contribution in [3.63, 3.8) is 0 Å². The first kappa shape index (κ1) is 22.6.